The fraction of sp³-hybridized carbons (Fsp3) is 0.467. The number of carbonyl (C=O) groups is 2. The zero-order valence-electron chi connectivity index (χ0n) is 13.1. The Morgan fingerprint density at radius 2 is 2.22 bits per heavy atom. The van der Waals surface area contributed by atoms with Gasteiger partial charge >= 0.3 is 5.97 Å². The second-order valence-electron chi connectivity index (χ2n) is 6.00. The molecule has 1 heterocycles. The summed E-state index contributed by atoms with van der Waals surface area (Å²) >= 11 is 3.43. The van der Waals surface area contributed by atoms with Gasteiger partial charge in [-0.15, -0.1) is 0 Å². The molecule has 1 saturated heterocycles. The number of carbonyl (C=O) groups excluding carboxylic acids is 1. The number of aliphatic carboxylic acids is 1. The van der Waals surface area contributed by atoms with Crippen molar-refractivity contribution in [3.8, 4) is 0 Å². The second kappa shape index (κ2) is 6.76. The average Bonchev–Trinajstić information content (AvgIpc) is 2.74. The van der Waals surface area contributed by atoms with Crippen LogP contribution in [0.3, 0.4) is 0 Å². The summed E-state index contributed by atoms with van der Waals surface area (Å²) in [4.78, 5) is 28.3. The number of hydrogen-bond acceptors (Lipinski definition) is 5. The van der Waals surface area contributed by atoms with Crippen LogP contribution in [0.15, 0.2) is 32.9 Å². The molecule has 1 unspecified atom stereocenters. The number of benzene rings is 1. The summed E-state index contributed by atoms with van der Waals surface area (Å²) in [6, 6.07) is 4.33. The number of halogens is 1. The van der Waals surface area contributed by atoms with E-state index in [-0.39, 0.29) is 5.91 Å². The van der Waals surface area contributed by atoms with Crippen LogP contribution in [0.5, 0.6) is 0 Å². The van der Waals surface area contributed by atoms with Crippen molar-refractivity contribution >= 4 is 33.5 Å². The fourth-order valence-electron chi connectivity index (χ4n) is 1.90. The Morgan fingerprint density at radius 3 is 2.74 bits per heavy atom. The summed E-state index contributed by atoms with van der Waals surface area (Å²) in [5.41, 5.74) is 0.886. The van der Waals surface area contributed by atoms with E-state index in [1.807, 2.05) is 13.8 Å². The van der Waals surface area contributed by atoms with E-state index in [4.69, 9.17) is 9.94 Å². The maximum atomic E-state index is 12.1. The van der Waals surface area contributed by atoms with Gasteiger partial charge in [0.05, 0.1) is 24.3 Å². The van der Waals surface area contributed by atoms with Crippen molar-refractivity contribution in [2.75, 3.05) is 6.61 Å². The highest BCUT2D eigenvalue weighted by Crippen LogP contribution is 2.31. The van der Waals surface area contributed by atoms with Crippen LogP contribution >= 0.6 is 15.9 Å². The molecule has 1 amide bonds. The number of rotatable bonds is 5. The largest absolute Gasteiger partial charge is 0.480 e. The van der Waals surface area contributed by atoms with Crippen molar-refractivity contribution in [1.29, 1.82) is 0 Å². The van der Waals surface area contributed by atoms with Gasteiger partial charge in [0.15, 0.2) is 6.04 Å². The smallest absolute Gasteiger partial charge is 0.330 e. The van der Waals surface area contributed by atoms with Crippen molar-refractivity contribution in [3.63, 3.8) is 0 Å². The Morgan fingerprint density at radius 1 is 1.52 bits per heavy atom. The summed E-state index contributed by atoms with van der Waals surface area (Å²) in [7, 11) is 0. The van der Waals surface area contributed by atoms with Crippen molar-refractivity contribution in [2.24, 2.45) is 15.6 Å². The molecule has 1 fully saturated rings. The monoisotopic (exact) mass is 383 g/mol. The third-order valence-electron chi connectivity index (χ3n) is 3.44. The van der Waals surface area contributed by atoms with Crippen LogP contribution in [0.1, 0.15) is 26.3 Å². The lowest BCUT2D eigenvalue weighted by atomic mass is 9.95. The number of amides is 1. The van der Waals surface area contributed by atoms with Crippen molar-refractivity contribution < 1.29 is 19.5 Å². The quantitative estimate of drug-likeness (QED) is 0.789. The molecule has 8 heteroatoms. The molecule has 1 aliphatic rings. The van der Waals surface area contributed by atoms with Gasteiger partial charge in [0.25, 0.3) is 5.91 Å². The molecule has 1 aromatic rings. The van der Waals surface area contributed by atoms with Crippen LogP contribution in [-0.4, -0.2) is 34.7 Å². The fourth-order valence-corrected chi connectivity index (χ4v) is 2.39. The van der Waals surface area contributed by atoms with Crippen molar-refractivity contribution in [2.45, 2.75) is 33.4 Å². The molecular weight excluding hydrogens is 366 g/mol. The molecule has 1 N–H and O–H groups in total. The molecular formula is C15H18BrN3O4. The molecule has 1 aromatic carbocycles. The van der Waals surface area contributed by atoms with Gasteiger partial charge in [0.2, 0.25) is 0 Å². The highest BCUT2D eigenvalue weighted by atomic mass is 79.9. The van der Waals surface area contributed by atoms with E-state index in [1.54, 1.807) is 18.2 Å². The first-order valence-corrected chi connectivity index (χ1v) is 7.87. The average molecular weight is 384 g/mol. The minimum Gasteiger partial charge on any atom is -0.480 e. The lowest BCUT2D eigenvalue weighted by Gasteiger charge is -2.17. The highest BCUT2D eigenvalue weighted by Gasteiger charge is 2.40. The van der Waals surface area contributed by atoms with Gasteiger partial charge in [-0.1, -0.05) is 22.0 Å². The Balaban J connectivity index is 2.08. The molecule has 0 aromatic heterocycles. The Bertz CT molecular complexity index is 660. The van der Waals surface area contributed by atoms with Crippen LogP contribution in [0.25, 0.3) is 0 Å². The zero-order chi connectivity index (χ0) is 17.2. The van der Waals surface area contributed by atoms with E-state index >= 15 is 0 Å². The van der Waals surface area contributed by atoms with Gasteiger partial charge < -0.3 is 5.11 Å². The minimum absolute atomic E-state index is 0.0524. The van der Waals surface area contributed by atoms with Crippen LogP contribution in [0, 0.1) is 5.41 Å². The summed E-state index contributed by atoms with van der Waals surface area (Å²) in [6.07, 6.45) is 0. The Hall–Kier alpha value is -1.80. The first kappa shape index (κ1) is 17.6. The summed E-state index contributed by atoms with van der Waals surface area (Å²) in [6.45, 7) is 5.83. The third-order valence-corrected chi connectivity index (χ3v) is 4.18. The lowest BCUT2D eigenvalue weighted by Crippen LogP contribution is -2.30. The molecule has 0 aliphatic carbocycles. The number of nitrogens with zero attached hydrogens (tertiary/aromatic N) is 3. The van der Waals surface area contributed by atoms with Crippen LogP contribution in [0.4, 0.5) is 5.69 Å². The van der Waals surface area contributed by atoms with E-state index in [9.17, 15) is 9.59 Å². The Kier molecular flexibility index (Phi) is 5.16. The Labute approximate surface area is 142 Å². The molecule has 0 saturated carbocycles. The normalized spacial score (nSPS) is 18.6. The van der Waals surface area contributed by atoms with E-state index in [2.05, 4.69) is 26.2 Å². The van der Waals surface area contributed by atoms with Crippen LogP contribution < -0.4 is 0 Å². The molecule has 0 spiro atoms. The topological polar surface area (TPSA) is 91.6 Å². The van der Waals surface area contributed by atoms with Gasteiger partial charge in [-0.2, -0.15) is 10.2 Å². The molecule has 124 valence electrons. The molecule has 1 aliphatic heterocycles. The number of carboxylic acid groups (broad SMARTS) is 1. The lowest BCUT2D eigenvalue weighted by molar-refractivity contribution is -0.165. The van der Waals surface area contributed by atoms with Crippen molar-refractivity contribution in [3.05, 3.63) is 28.2 Å². The van der Waals surface area contributed by atoms with Gasteiger partial charge in [-0.3, -0.25) is 9.63 Å². The first-order chi connectivity index (χ1) is 10.7. The van der Waals surface area contributed by atoms with E-state index in [0.29, 0.717) is 18.8 Å². The zero-order valence-corrected chi connectivity index (χ0v) is 14.7. The highest BCUT2D eigenvalue weighted by molar-refractivity contribution is 9.10. The maximum Gasteiger partial charge on any atom is 0.330 e. The molecule has 0 radical (unpaired) electrons. The van der Waals surface area contributed by atoms with E-state index in [1.165, 1.54) is 12.0 Å². The molecule has 1 atom stereocenters. The molecule has 0 bridgehead atoms. The standard InChI is InChI=1S/C15H18BrN3O4/c1-9(13(20)21)17-18-11-5-4-10(12(16)6-11)7-19-14(22)15(2,3)8-23-19/h4-6,9H,7-8H2,1-3H3,(H,20,21). The summed E-state index contributed by atoms with van der Waals surface area (Å²) < 4.78 is 0.748. The number of azo groups is 1. The van der Waals surface area contributed by atoms with Crippen LogP contribution in [-0.2, 0) is 21.0 Å². The molecule has 2 rings (SSSR count). The number of carboxylic acids is 1. The molecule has 7 nitrogen and oxygen atoms in total. The van der Waals surface area contributed by atoms with E-state index < -0.39 is 17.4 Å². The van der Waals surface area contributed by atoms with E-state index in [0.717, 1.165) is 10.0 Å². The second-order valence-corrected chi connectivity index (χ2v) is 6.86. The first-order valence-electron chi connectivity index (χ1n) is 7.07. The predicted octanol–water partition coefficient (Wildman–Crippen LogP) is 3.31. The SMILES string of the molecule is CC(N=Nc1ccc(CN2OCC(C)(C)C2=O)c(Br)c1)C(=O)O. The predicted molar refractivity (Wildman–Crippen MR) is 86.0 cm³/mol. The van der Waals surface area contributed by atoms with Gasteiger partial charge in [-0.05, 0) is 38.5 Å². The van der Waals surface area contributed by atoms with Crippen molar-refractivity contribution in [1.82, 2.24) is 5.06 Å². The summed E-state index contributed by atoms with van der Waals surface area (Å²) in [5, 5.41) is 17.7. The third kappa shape index (κ3) is 4.14. The van der Waals surface area contributed by atoms with Crippen LogP contribution in [0.2, 0.25) is 0 Å². The van der Waals surface area contributed by atoms with Gasteiger partial charge in [0, 0.05) is 4.47 Å². The van der Waals surface area contributed by atoms with Gasteiger partial charge in [0.1, 0.15) is 0 Å². The minimum atomic E-state index is -1.03. The number of hydroxylamine groups is 2. The number of hydrogen-bond donors (Lipinski definition) is 1. The van der Waals surface area contributed by atoms with Gasteiger partial charge in [-0.25, -0.2) is 9.86 Å². The maximum absolute atomic E-state index is 12.1. The molecule has 23 heavy (non-hydrogen) atoms. The summed E-state index contributed by atoms with van der Waals surface area (Å²) in [5.74, 6) is -1.08.